The van der Waals surface area contributed by atoms with E-state index in [1.807, 2.05) is 18.5 Å². The Bertz CT molecular complexity index is 754. The first-order valence-electron chi connectivity index (χ1n) is 7.81. The summed E-state index contributed by atoms with van der Waals surface area (Å²) in [5, 5.41) is 4.59. The van der Waals surface area contributed by atoms with Gasteiger partial charge in [0.15, 0.2) is 0 Å². The topological polar surface area (TPSA) is 29.0 Å². The van der Waals surface area contributed by atoms with Gasteiger partial charge in [0, 0.05) is 42.7 Å². The molecule has 3 heterocycles. The van der Waals surface area contributed by atoms with Crippen LogP contribution < -0.4 is 0 Å². The van der Waals surface area contributed by atoms with E-state index in [2.05, 4.69) is 44.5 Å². The SMILES string of the molecule is c1cnc2ccc(CN3CC[C@@H](Cc4nccs4)C3)cc2c1. The molecule has 1 aliphatic heterocycles. The van der Waals surface area contributed by atoms with Crippen molar-refractivity contribution in [3.63, 3.8) is 0 Å². The fraction of sp³-hybridized carbons (Fsp3) is 0.333. The summed E-state index contributed by atoms with van der Waals surface area (Å²) in [6.45, 7) is 3.42. The summed E-state index contributed by atoms with van der Waals surface area (Å²) in [5.41, 5.74) is 2.46. The lowest BCUT2D eigenvalue weighted by Gasteiger charge is -2.16. The third-order valence-electron chi connectivity index (χ3n) is 4.39. The van der Waals surface area contributed by atoms with Crippen LogP contribution in [-0.4, -0.2) is 28.0 Å². The van der Waals surface area contributed by atoms with Gasteiger partial charge < -0.3 is 0 Å². The quantitative estimate of drug-likeness (QED) is 0.735. The van der Waals surface area contributed by atoms with Crippen LogP contribution in [0.15, 0.2) is 48.1 Å². The first kappa shape index (κ1) is 13.9. The molecule has 4 heteroatoms. The van der Waals surface area contributed by atoms with E-state index >= 15 is 0 Å². The van der Waals surface area contributed by atoms with E-state index in [0.29, 0.717) is 0 Å². The van der Waals surface area contributed by atoms with Crippen LogP contribution in [0, 0.1) is 5.92 Å². The first-order chi connectivity index (χ1) is 10.9. The lowest BCUT2D eigenvalue weighted by Crippen LogP contribution is -2.20. The molecule has 4 rings (SSSR count). The molecule has 3 aromatic rings. The number of likely N-dealkylation sites (tertiary alicyclic amines) is 1. The molecule has 22 heavy (non-hydrogen) atoms. The Morgan fingerprint density at radius 1 is 1.18 bits per heavy atom. The van der Waals surface area contributed by atoms with Crippen molar-refractivity contribution in [3.8, 4) is 0 Å². The van der Waals surface area contributed by atoms with Gasteiger partial charge in [0.1, 0.15) is 0 Å². The maximum absolute atomic E-state index is 4.42. The van der Waals surface area contributed by atoms with Crippen molar-refractivity contribution in [1.29, 1.82) is 0 Å². The van der Waals surface area contributed by atoms with Crippen LogP contribution in [0.1, 0.15) is 17.0 Å². The monoisotopic (exact) mass is 309 g/mol. The molecule has 3 nitrogen and oxygen atoms in total. The van der Waals surface area contributed by atoms with Crippen molar-refractivity contribution >= 4 is 22.2 Å². The van der Waals surface area contributed by atoms with Crippen LogP contribution in [0.5, 0.6) is 0 Å². The predicted octanol–water partition coefficient (Wildman–Crippen LogP) is 3.76. The van der Waals surface area contributed by atoms with E-state index in [1.165, 1.54) is 35.5 Å². The molecule has 1 saturated heterocycles. The van der Waals surface area contributed by atoms with Crippen molar-refractivity contribution in [2.24, 2.45) is 5.92 Å². The minimum absolute atomic E-state index is 0.758. The lowest BCUT2D eigenvalue weighted by atomic mass is 10.1. The number of thiazole rings is 1. The highest BCUT2D eigenvalue weighted by molar-refractivity contribution is 7.09. The molecule has 0 N–H and O–H groups in total. The summed E-state index contributed by atoms with van der Waals surface area (Å²) in [6, 6.07) is 10.8. The number of hydrogen-bond donors (Lipinski definition) is 0. The van der Waals surface area contributed by atoms with Crippen LogP contribution in [-0.2, 0) is 13.0 Å². The van der Waals surface area contributed by atoms with E-state index in [1.54, 1.807) is 11.3 Å². The van der Waals surface area contributed by atoms with E-state index < -0.39 is 0 Å². The Hall–Kier alpha value is -1.78. The number of fused-ring (bicyclic) bond motifs is 1. The average molecular weight is 309 g/mol. The third-order valence-corrected chi connectivity index (χ3v) is 5.19. The van der Waals surface area contributed by atoms with Gasteiger partial charge in [0.2, 0.25) is 0 Å². The Kier molecular flexibility index (Phi) is 3.87. The average Bonchev–Trinajstić information content (AvgIpc) is 3.20. The summed E-state index contributed by atoms with van der Waals surface area (Å²) in [4.78, 5) is 11.4. The van der Waals surface area contributed by atoms with Gasteiger partial charge in [-0.25, -0.2) is 4.98 Å². The van der Waals surface area contributed by atoms with Gasteiger partial charge in [0.25, 0.3) is 0 Å². The number of aromatic nitrogens is 2. The number of nitrogens with zero attached hydrogens (tertiary/aromatic N) is 3. The van der Waals surface area contributed by atoms with Crippen LogP contribution >= 0.6 is 11.3 Å². The van der Waals surface area contributed by atoms with E-state index in [0.717, 1.165) is 24.4 Å². The molecule has 0 radical (unpaired) electrons. The summed E-state index contributed by atoms with van der Waals surface area (Å²) in [7, 11) is 0. The molecule has 1 aromatic carbocycles. The smallest absolute Gasteiger partial charge is 0.0928 e. The van der Waals surface area contributed by atoms with Crippen molar-refractivity contribution in [3.05, 3.63) is 58.7 Å². The molecule has 2 aromatic heterocycles. The third kappa shape index (κ3) is 3.03. The van der Waals surface area contributed by atoms with Gasteiger partial charge in [0.05, 0.1) is 10.5 Å². The van der Waals surface area contributed by atoms with Gasteiger partial charge in [-0.2, -0.15) is 0 Å². The summed E-state index contributed by atoms with van der Waals surface area (Å²) >= 11 is 1.78. The molecule has 0 saturated carbocycles. The highest BCUT2D eigenvalue weighted by atomic mass is 32.1. The van der Waals surface area contributed by atoms with Gasteiger partial charge in [-0.05, 0) is 42.6 Å². The molecule has 0 unspecified atom stereocenters. The molecule has 1 atom stereocenters. The predicted molar refractivity (Wildman–Crippen MR) is 90.9 cm³/mol. The standard InChI is InChI=1S/C18H19N3S/c1-2-16-10-14(3-4-17(16)19-6-1)12-21-8-5-15(13-21)11-18-20-7-9-22-18/h1-4,6-7,9-10,15H,5,8,11-13H2/t15-/m0/s1. The fourth-order valence-corrected chi connectivity index (χ4v) is 4.04. The van der Waals surface area contributed by atoms with Crippen LogP contribution in [0.3, 0.4) is 0 Å². The first-order valence-corrected chi connectivity index (χ1v) is 8.69. The summed E-state index contributed by atoms with van der Waals surface area (Å²) in [6.07, 6.45) is 6.19. The zero-order chi connectivity index (χ0) is 14.8. The fourth-order valence-electron chi connectivity index (χ4n) is 3.31. The minimum atomic E-state index is 0.758. The van der Waals surface area contributed by atoms with Crippen molar-refractivity contribution in [1.82, 2.24) is 14.9 Å². The normalized spacial score (nSPS) is 19.0. The Labute approximate surface area is 134 Å². The number of rotatable bonds is 4. The Morgan fingerprint density at radius 2 is 2.18 bits per heavy atom. The highest BCUT2D eigenvalue weighted by Crippen LogP contribution is 2.24. The second-order valence-electron chi connectivity index (χ2n) is 6.05. The van der Waals surface area contributed by atoms with E-state index in [9.17, 15) is 0 Å². The van der Waals surface area contributed by atoms with E-state index in [-0.39, 0.29) is 0 Å². The molecule has 0 aliphatic carbocycles. The largest absolute Gasteiger partial charge is 0.299 e. The molecule has 1 fully saturated rings. The second-order valence-corrected chi connectivity index (χ2v) is 7.03. The minimum Gasteiger partial charge on any atom is -0.299 e. The molecular formula is C18H19N3S. The maximum atomic E-state index is 4.42. The summed E-state index contributed by atoms with van der Waals surface area (Å²) < 4.78 is 0. The van der Waals surface area contributed by atoms with Gasteiger partial charge in [-0.1, -0.05) is 12.1 Å². The van der Waals surface area contributed by atoms with Gasteiger partial charge >= 0.3 is 0 Å². The molecule has 112 valence electrons. The van der Waals surface area contributed by atoms with Crippen molar-refractivity contribution in [2.45, 2.75) is 19.4 Å². The zero-order valence-electron chi connectivity index (χ0n) is 12.5. The molecule has 0 amide bonds. The van der Waals surface area contributed by atoms with Crippen LogP contribution in [0.4, 0.5) is 0 Å². The number of hydrogen-bond acceptors (Lipinski definition) is 4. The maximum Gasteiger partial charge on any atom is 0.0928 e. The van der Waals surface area contributed by atoms with Crippen LogP contribution in [0.2, 0.25) is 0 Å². The highest BCUT2D eigenvalue weighted by Gasteiger charge is 2.23. The van der Waals surface area contributed by atoms with Gasteiger partial charge in [-0.3, -0.25) is 9.88 Å². The Balaban J connectivity index is 1.40. The van der Waals surface area contributed by atoms with E-state index in [4.69, 9.17) is 0 Å². The lowest BCUT2D eigenvalue weighted by molar-refractivity contribution is 0.316. The van der Waals surface area contributed by atoms with Crippen LogP contribution in [0.25, 0.3) is 10.9 Å². The van der Waals surface area contributed by atoms with Crippen molar-refractivity contribution in [2.75, 3.05) is 13.1 Å². The number of pyridine rings is 1. The summed E-state index contributed by atoms with van der Waals surface area (Å²) in [5.74, 6) is 0.758. The van der Waals surface area contributed by atoms with Crippen molar-refractivity contribution < 1.29 is 0 Å². The second kappa shape index (κ2) is 6.15. The number of benzene rings is 1. The Morgan fingerprint density at radius 3 is 3.09 bits per heavy atom. The molecular weight excluding hydrogens is 290 g/mol. The molecule has 1 aliphatic rings. The molecule has 0 spiro atoms. The van der Waals surface area contributed by atoms with Gasteiger partial charge in [-0.15, -0.1) is 11.3 Å². The zero-order valence-corrected chi connectivity index (χ0v) is 13.3. The molecule has 0 bridgehead atoms.